The highest BCUT2D eigenvalue weighted by atomic mass is 15.2. The normalized spacial score (nSPS) is 30.9. The average molecular weight is 252 g/mol. The maximum atomic E-state index is 4.25. The van der Waals surface area contributed by atoms with Gasteiger partial charge >= 0.3 is 0 Å². The Labute approximate surface area is 114 Å². The largest absolute Gasteiger partial charge is 0.300 e. The van der Waals surface area contributed by atoms with E-state index in [4.69, 9.17) is 0 Å². The summed E-state index contributed by atoms with van der Waals surface area (Å²) >= 11 is 0. The van der Waals surface area contributed by atoms with Gasteiger partial charge in [-0.3, -0.25) is 4.98 Å². The van der Waals surface area contributed by atoms with Gasteiger partial charge in [0.25, 0.3) is 0 Å². The third-order valence-corrected chi connectivity index (χ3v) is 5.25. The minimum atomic E-state index is 0.736. The second kappa shape index (κ2) is 4.31. The number of pyridine rings is 1. The molecule has 4 rings (SSSR count). The SMILES string of the molecule is CN1[C@@H]2CC[C@H]1C[C@H](c1cccc3cnccc13)C2. The topological polar surface area (TPSA) is 16.1 Å². The zero-order valence-electron chi connectivity index (χ0n) is 11.4. The van der Waals surface area contributed by atoms with E-state index in [1.807, 2.05) is 12.4 Å². The molecule has 2 aliphatic heterocycles. The van der Waals surface area contributed by atoms with Crippen LogP contribution in [-0.2, 0) is 0 Å². The molecule has 2 bridgehead atoms. The molecule has 19 heavy (non-hydrogen) atoms. The van der Waals surface area contributed by atoms with Gasteiger partial charge in [-0.05, 0) is 55.7 Å². The molecule has 0 amide bonds. The summed E-state index contributed by atoms with van der Waals surface area (Å²) in [4.78, 5) is 6.86. The van der Waals surface area contributed by atoms with Crippen molar-refractivity contribution in [3.05, 3.63) is 42.2 Å². The molecule has 3 heterocycles. The van der Waals surface area contributed by atoms with Gasteiger partial charge in [0.05, 0.1) is 0 Å². The first kappa shape index (κ1) is 11.4. The summed E-state index contributed by atoms with van der Waals surface area (Å²) in [5, 5.41) is 2.69. The molecule has 0 N–H and O–H groups in total. The van der Waals surface area contributed by atoms with Gasteiger partial charge in [0.15, 0.2) is 0 Å². The third-order valence-electron chi connectivity index (χ3n) is 5.25. The molecule has 3 atom stereocenters. The van der Waals surface area contributed by atoms with E-state index in [9.17, 15) is 0 Å². The van der Waals surface area contributed by atoms with Crippen molar-refractivity contribution >= 4 is 10.8 Å². The van der Waals surface area contributed by atoms with Crippen LogP contribution in [0, 0.1) is 0 Å². The van der Waals surface area contributed by atoms with Crippen LogP contribution in [0.2, 0.25) is 0 Å². The summed E-state index contributed by atoms with van der Waals surface area (Å²) in [5.41, 5.74) is 1.55. The molecule has 1 aromatic heterocycles. The number of nitrogens with zero attached hydrogens (tertiary/aromatic N) is 2. The zero-order valence-corrected chi connectivity index (χ0v) is 11.4. The second-order valence-electron chi connectivity index (χ2n) is 6.16. The molecule has 0 spiro atoms. The van der Waals surface area contributed by atoms with E-state index in [1.54, 1.807) is 5.56 Å². The Morgan fingerprint density at radius 1 is 1.11 bits per heavy atom. The Morgan fingerprint density at radius 2 is 1.89 bits per heavy atom. The Bertz CT molecular complexity index is 588. The van der Waals surface area contributed by atoms with Crippen LogP contribution in [0.5, 0.6) is 0 Å². The highest BCUT2D eigenvalue weighted by molar-refractivity contribution is 5.85. The molecule has 0 saturated carbocycles. The van der Waals surface area contributed by atoms with Crippen molar-refractivity contribution in [2.45, 2.75) is 43.7 Å². The van der Waals surface area contributed by atoms with Crippen molar-refractivity contribution in [3.8, 4) is 0 Å². The van der Waals surface area contributed by atoms with Crippen molar-refractivity contribution in [1.29, 1.82) is 0 Å². The van der Waals surface area contributed by atoms with Crippen LogP contribution < -0.4 is 0 Å². The molecule has 2 heteroatoms. The Morgan fingerprint density at radius 3 is 2.68 bits per heavy atom. The van der Waals surface area contributed by atoms with E-state index in [0.29, 0.717) is 0 Å². The molecule has 2 aliphatic rings. The van der Waals surface area contributed by atoms with Crippen molar-refractivity contribution < 1.29 is 0 Å². The van der Waals surface area contributed by atoms with E-state index in [1.165, 1.54) is 36.5 Å². The van der Waals surface area contributed by atoms with Gasteiger partial charge in [-0.15, -0.1) is 0 Å². The minimum Gasteiger partial charge on any atom is -0.300 e. The fraction of sp³-hybridized carbons (Fsp3) is 0.471. The lowest BCUT2D eigenvalue weighted by molar-refractivity contribution is 0.162. The quantitative estimate of drug-likeness (QED) is 0.771. The maximum Gasteiger partial charge on any atom is 0.0346 e. The fourth-order valence-corrected chi connectivity index (χ4v) is 4.17. The van der Waals surface area contributed by atoms with Crippen LogP contribution in [-0.4, -0.2) is 29.0 Å². The van der Waals surface area contributed by atoms with Gasteiger partial charge in [-0.25, -0.2) is 0 Å². The first-order valence-corrected chi connectivity index (χ1v) is 7.37. The highest BCUT2D eigenvalue weighted by Crippen LogP contribution is 2.43. The lowest BCUT2D eigenvalue weighted by Gasteiger charge is -2.37. The minimum absolute atomic E-state index is 0.736. The van der Waals surface area contributed by atoms with Gasteiger partial charge in [0, 0.05) is 29.9 Å². The van der Waals surface area contributed by atoms with Crippen molar-refractivity contribution in [3.63, 3.8) is 0 Å². The number of piperidine rings is 1. The van der Waals surface area contributed by atoms with Crippen LogP contribution >= 0.6 is 0 Å². The predicted octanol–water partition coefficient (Wildman–Crippen LogP) is 3.58. The smallest absolute Gasteiger partial charge is 0.0346 e. The molecular formula is C17H20N2. The van der Waals surface area contributed by atoms with E-state index in [0.717, 1.165) is 18.0 Å². The summed E-state index contributed by atoms with van der Waals surface area (Å²) in [7, 11) is 2.31. The first-order valence-electron chi connectivity index (χ1n) is 7.37. The second-order valence-corrected chi connectivity index (χ2v) is 6.16. The lowest BCUT2D eigenvalue weighted by atomic mass is 9.83. The molecule has 2 fully saturated rings. The average Bonchev–Trinajstić information content (AvgIpc) is 2.67. The molecule has 2 nitrogen and oxygen atoms in total. The van der Waals surface area contributed by atoms with Crippen molar-refractivity contribution in [2.75, 3.05) is 7.05 Å². The summed E-state index contributed by atoms with van der Waals surface area (Å²) in [6.07, 6.45) is 9.36. The van der Waals surface area contributed by atoms with Crippen molar-refractivity contribution in [1.82, 2.24) is 9.88 Å². The van der Waals surface area contributed by atoms with Gasteiger partial charge in [-0.2, -0.15) is 0 Å². The van der Waals surface area contributed by atoms with Crippen LogP contribution in [0.25, 0.3) is 10.8 Å². The molecule has 0 radical (unpaired) electrons. The molecular weight excluding hydrogens is 232 g/mol. The van der Waals surface area contributed by atoms with E-state index in [-0.39, 0.29) is 0 Å². The maximum absolute atomic E-state index is 4.25. The van der Waals surface area contributed by atoms with Crippen LogP contribution in [0.4, 0.5) is 0 Å². The number of benzene rings is 1. The zero-order chi connectivity index (χ0) is 12.8. The summed E-state index contributed by atoms with van der Waals surface area (Å²) in [6.45, 7) is 0. The highest BCUT2D eigenvalue weighted by Gasteiger charge is 2.39. The number of fused-ring (bicyclic) bond motifs is 3. The Balaban J connectivity index is 1.75. The lowest BCUT2D eigenvalue weighted by Crippen LogP contribution is -2.39. The van der Waals surface area contributed by atoms with Gasteiger partial charge in [0.1, 0.15) is 0 Å². The predicted molar refractivity (Wildman–Crippen MR) is 78.3 cm³/mol. The number of aromatic nitrogens is 1. The molecule has 0 aliphatic carbocycles. The molecule has 2 saturated heterocycles. The van der Waals surface area contributed by atoms with Gasteiger partial charge in [-0.1, -0.05) is 18.2 Å². The van der Waals surface area contributed by atoms with Crippen LogP contribution in [0.1, 0.15) is 37.2 Å². The summed E-state index contributed by atoms with van der Waals surface area (Å²) in [6, 6.07) is 10.5. The standard InChI is InChI=1S/C17H20N2/c1-19-14-5-6-15(19)10-13(9-14)16-4-2-3-12-11-18-8-7-17(12)16/h2-4,7-8,11,13-15H,5-6,9-10H2,1H3/t13-,14-,15+. The van der Waals surface area contributed by atoms with E-state index in [2.05, 4.69) is 41.2 Å². The van der Waals surface area contributed by atoms with E-state index < -0.39 is 0 Å². The third kappa shape index (κ3) is 1.78. The van der Waals surface area contributed by atoms with Gasteiger partial charge in [0.2, 0.25) is 0 Å². The summed E-state index contributed by atoms with van der Waals surface area (Å²) in [5.74, 6) is 0.736. The first-order chi connectivity index (χ1) is 9.33. The number of rotatable bonds is 1. The van der Waals surface area contributed by atoms with Crippen LogP contribution in [0.15, 0.2) is 36.7 Å². The fourth-order valence-electron chi connectivity index (χ4n) is 4.17. The van der Waals surface area contributed by atoms with E-state index >= 15 is 0 Å². The number of hydrogen-bond acceptors (Lipinski definition) is 2. The van der Waals surface area contributed by atoms with Gasteiger partial charge < -0.3 is 4.90 Å². The Kier molecular flexibility index (Phi) is 2.59. The summed E-state index contributed by atoms with van der Waals surface area (Å²) < 4.78 is 0. The molecule has 98 valence electrons. The van der Waals surface area contributed by atoms with Crippen LogP contribution in [0.3, 0.4) is 0 Å². The molecule has 2 aromatic rings. The Hall–Kier alpha value is -1.41. The number of hydrogen-bond donors (Lipinski definition) is 0. The molecule has 0 unspecified atom stereocenters. The van der Waals surface area contributed by atoms with Crippen molar-refractivity contribution in [2.24, 2.45) is 0 Å². The molecule has 1 aromatic carbocycles. The monoisotopic (exact) mass is 252 g/mol.